The Bertz CT molecular complexity index is 610. The number of hydrogen-bond acceptors (Lipinski definition) is 5. The first-order valence-electron chi connectivity index (χ1n) is 6.16. The van der Waals surface area contributed by atoms with Crippen LogP contribution in [0, 0.1) is 0 Å². The molecule has 0 bridgehead atoms. The third-order valence-corrected chi connectivity index (χ3v) is 4.09. The van der Waals surface area contributed by atoms with Crippen LogP contribution in [0.15, 0.2) is 24.3 Å². The number of nitrogens with zero attached hydrogens (tertiary/aromatic N) is 3. The van der Waals surface area contributed by atoms with Crippen LogP contribution in [0.3, 0.4) is 0 Å². The van der Waals surface area contributed by atoms with E-state index in [4.69, 9.17) is 0 Å². The fourth-order valence-corrected chi connectivity index (χ4v) is 2.91. The molecule has 3 rings (SSSR count). The van der Waals surface area contributed by atoms with Crippen LogP contribution in [0.25, 0.3) is 0 Å². The van der Waals surface area contributed by atoms with Crippen LogP contribution in [0.5, 0.6) is 0 Å². The summed E-state index contributed by atoms with van der Waals surface area (Å²) < 4.78 is 0. The number of hydrogen-bond donors (Lipinski definition) is 1. The average molecular weight is 274 g/mol. The fourth-order valence-electron chi connectivity index (χ4n) is 2.22. The quantitative estimate of drug-likeness (QED) is 0.930. The molecular weight excluding hydrogens is 260 g/mol. The minimum atomic E-state index is 0.153. The van der Waals surface area contributed by atoms with Crippen LogP contribution in [-0.2, 0) is 17.8 Å². The van der Waals surface area contributed by atoms with E-state index in [1.54, 1.807) is 4.90 Å². The predicted molar refractivity (Wildman–Crippen MR) is 75.4 cm³/mol. The van der Waals surface area contributed by atoms with E-state index < -0.39 is 0 Å². The van der Waals surface area contributed by atoms with Crippen LogP contribution in [0.4, 0.5) is 10.8 Å². The molecule has 0 saturated carbocycles. The van der Waals surface area contributed by atoms with Gasteiger partial charge in [-0.15, -0.1) is 10.2 Å². The second-order valence-electron chi connectivity index (χ2n) is 4.36. The third-order valence-electron chi connectivity index (χ3n) is 3.17. The lowest BCUT2D eigenvalue weighted by Gasteiger charge is -2.28. The Morgan fingerprint density at radius 3 is 2.95 bits per heavy atom. The smallest absolute Gasteiger partial charge is 0.227 e. The molecule has 98 valence electrons. The number of carbonyl (C=O) groups is 1. The highest BCUT2D eigenvalue weighted by molar-refractivity contribution is 7.15. The molecule has 0 saturated heterocycles. The van der Waals surface area contributed by atoms with E-state index in [2.05, 4.69) is 21.6 Å². The molecule has 0 spiro atoms. The number of rotatable bonds is 3. The Morgan fingerprint density at radius 2 is 2.16 bits per heavy atom. The van der Waals surface area contributed by atoms with Crippen molar-refractivity contribution in [2.24, 2.45) is 0 Å². The molecule has 5 nitrogen and oxygen atoms in total. The standard InChI is InChI=1S/C13H14N4OS/c1-14-13-16-15-11(19-13)8-17-10-5-3-2-4-9(10)6-7-12(17)18/h2-5H,6-8H2,1H3,(H,14,16). The number of para-hydroxylation sites is 1. The number of aryl methyl sites for hydroxylation is 1. The zero-order chi connectivity index (χ0) is 13.2. The fraction of sp³-hybridized carbons (Fsp3) is 0.308. The molecule has 0 aliphatic carbocycles. The molecule has 1 N–H and O–H groups in total. The topological polar surface area (TPSA) is 58.1 Å². The molecule has 0 radical (unpaired) electrons. The zero-order valence-corrected chi connectivity index (χ0v) is 11.4. The Balaban J connectivity index is 1.89. The minimum absolute atomic E-state index is 0.153. The molecule has 0 fully saturated rings. The number of carbonyl (C=O) groups excluding carboxylic acids is 1. The lowest BCUT2D eigenvalue weighted by Crippen LogP contribution is -2.34. The van der Waals surface area contributed by atoms with Crippen LogP contribution in [0.2, 0.25) is 0 Å². The summed E-state index contributed by atoms with van der Waals surface area (Å²) in [6, 6.07) is 8.04. The second-order valence-corrected chi connectivity index (χ2v) is 5.42. The highest BCUT2D eigenvalue weighted by Gasteiger charge is 2.24. The van der Waals surface area contributed by atoms with Crippen LogP contribution in [-0.4, -0.2) is 23.2 Å². The SMILES string of the molecule is CNc1nnc(CN2C(=O)CCc3ccccc32)s1. The number of benzene rings is 1. The van der Waals surface area contributed by atoms with E-state index in [1.165, 1.54) is 16.9 Å². The summed E-state index contributed by atoms with van der Waals surface area (Å²) in [6.07, 6.45) is 1.39. The second kappa shape index (κ2) is 4.97. The molecule has 2 heterocycles. The van der Waals surface area contributed by atoms with E-state index in [-0.39, 0.29) is 5.91 Å². The van der Waals surface area contributed by atoms with Crippen molar-refractivity contribution in [2.45, 2.75) is 19.4 Å². The highest BCUT2D eigenvalue weighted by Crippen LogP contribution is 2.29. The maximum absolute atomic E-state index is 12.1. The molecule has 2 aromatic rings. The summed E-state index contributed by atoms with van der Waals surface area (Å²) in [5.41, 5.74) is 2.22. The summed E-state index contributed by atoms with van der Waals surface area (Å²) >= 11 is 1.48. The minimum Gasteiger partial charge on any atom is -0.363 e. The van der Waals surface area contributed by atoms with Gasteiger partial charge in [-0.25, -0.2) is 0 Å². The number of fused-ring (bicyclic) bond motifs is 1. The van der Waals surface area contributed by atoms with Crippen molar-refractivity contribution in [2.75, 3.05) is 17.3 Å². The van der Waals surface area contributed by atoms with Crippen molar-refractivity contribution in [1.29, 1.82) is 0 Å². The van der Waals surface area contributed by atoms with Gasteiger partial charge in [0, 0.05) is 19.2 Å². The molecule has 1 aliphatic rings. The Kier molecular flexibility index (Phi) is 3.16. The summed E-state index contributed by atoms with van der Waals surface area (Å²) in [7, 11) is 1.81. The molecule has 1 aromatic carbocycles. The lowest BCUT2D eigenvalue weighted by molar-refractivity contribution is -0.119. The van der Waals surface area contributed by atoms with Gasteiger partial charge in [0.2, 0.25) is 11.0 Å². The first-order valence-corrected chi connectivity index (χ1v) is 6.98. The molecular formula is C13H14N4OS. The Morgan fingerprint density at radius 1 is 1.32 bits per heavy atom. The van der Waals surface area contributed by atoms with Crippen LogP contribution >= 0.6 is 11.3 Å². The average Bonchev–Trinajstić information content (AvgIpc) is 2.90. The first kappa shape index (κ1) is 12.1. The van der Waals surface area contributed by atoms with Crippen LogP contribution < -0.4 is 10.2 Å². The Hall–Kier alpha value is -1.95. The Labute approximate surface area is 115 Å². The van der Waals surface area contributed by atoms with Crippen molar-refractivity contribution < 1.29 is 4.79 Å². The van der Waals surface area contributed by atoms with Crippen LogP contribution in [0.1, 0.15) is 17.0 Å². The monoisotopic (exact) mass is 274 g/mol. The van der Waals surface area contributed by atoms with Gasteiger partial charge in [-0.05, 0) is 18.1 Å². The van der Waals surface area contributed by atoms with Gasteiger partial charge in [-0.2, -0.15) is 0 Å². The maximum atomic E-state index is 12.1. The normalized spacial score (nSPS) is 14.4. The zero-order valence-electron chi connectivity index (χ0n) is 10.6. The van der Waals surface area contributed by atoms with Crippen molar-refractivity contribution in [3.8, 4) is 0 Å². The van der Waals surface area contributed by atoms with Gasteiger partial charge >= 0.3 is 0 Å². The largest absolute Gasteiger partial charge is 0.363 e. The lowest BCUT2D eigenvalue weighted by atomic mass is 10.0. The molecule has 19 heavy (non-hydrogen) atoms. The van der Waals surface area contributed by atoms with E-state index >= 15 is 0 Å². The summed E-state index contributed by atoms with van der Waals surface area (Å²) in [5.74, 6) is 0.153. The van der Waals surface area contributed by atoms with Crippen molar-refractivity contribution in [3.63, 3.8) is 0 Å². The molecule has 6 heteroatoms. The number of nitrogens with one attached hydrogen (secondary N) is 1. The van der Waals surface area contributed by atoms with E-state index in [0.717, 1.165) is 22.2 Å². The van der Waals surface area contributed by atoms with Gasteiger partial charge in [0.25, 0.3) is 0 Å². The molecule has 0 unspecified atom stereocenters. The van der Waals surface area contributed by atoms with Gasteiger partial charge in [0.05, 0.1) is 6.54 Å². The van der Waals surface area contributed by atoms with Gasteiger partial charge < -0.3 is 10.2 Å². The van der Waals surface area contributed by atoms with Crippen molar-refractivity contribution in [1.82, 2.24) is 10.2 Å². The highest BCUT2D eigenvalue weighted by atomic mass is 32.1. The van der Waals surface area contributed by atoms with Crippen molar-refractivity contribution in [3.05, 3.63) is 34.8 Å². The molecule has 1 amide bonds. The van der Waals surface area contributed by atoms with E-state index in [1.807, 2.05) is 25.2 Å². The number of anilines is 2. The van der Waals surface area contributed by atoms with Gasteiger partial charge in [0.15, 0.2) is 0 Å². The summed E-state index contributed by atoms with van der Waals surface area (Å²) in [6.45, 7) is 0.495. The van der Waals surface area contributed by atoms with Crippen molar-refractivity contribution >= 4 is 28.1 Å². The van der Waals surface area contributed by atoms with E-state index in [9.17, 15) is 4.79 Å². The van der Waals surface area contributed by atoms with E-state index in [0.29, 0.717) is 13.0 Å². The third kappa shape index (κ3) is 2.31. The molecule has 1 aromatic heterocycles. The summed E-state index contributed by atoms with van der Waals surface area (Å²) in [5, 5.41) is 12.7. The molecule has 1 aliphatic heterocycles. The van der Waals surface area contributed by atoms with Gasteiger partial charge in [0.1, 0.15) is 5.01 Å². The first-order chi connectivity index (χ1) is 9.28. The summed E-state index contributed by atoms with van der Waals surface area (Å²) in [4.78, 5) is 13.9. The number of aromatic nitrogens is 2. The molecule has 0 atom stereocenters. The number of amides is 1. The predicted octanol–water partition coefficient (Wildman–Crippen LogP) is 2.06. The van der Waals surface area contributed by atoms with Gasteiger partial charge in [-0.1, -0.05) is 29.5 Å². The van der Waals surface area contributed by atoms with Gasteiger partial charge in [-0.3, -0.25) is 4.79 Å². The maximum Gasteiger partial charge on any atom is 0.227 e.